The van der Waals surface area contributed by atoms with Gasteiger partial charge in [0.2, 0.25) is 5.76 Å². The second kappa shape index (κ2) is 5.17. The Morgan fingerprint density at radius 2 is 2.17 bits per heavy atom. The van der Waals surface area contributed by atoms with Gasteiger partial charge in [0.05, 0.1) is 17.4 Å². The van der Waals surface area contributed by atoms with E-state index in [0.717, 1.165) is 0 Å². The monoisotopic (exact) mass is 250 g/mol. The average molecular weight is 250 g/mol. The minimum atomic E-state index is -1.12. The first-order valence-corrected chi connectivity index (χ1v) is 5.11. The summed E-state index contributed by atoms with van der Waals surface area (Å²) in [6.07, 6.45) is 3.75. The van der Waals surface area contributed by atoms with Gasteiger partial charge in [-0.25, -0.2) is 4.79 Å². The highest BCUT2D eigenvalue weighted by molar-refractivity contribution is 6.02. The molecule has 2 heterocycles. The van der Waals surface area contributed by atoms with Gasteiger partial charge in [0.25, 0.3) is 5.91 Å². The summed E-state index contributed by atoms with van der Waals surface area (Å²) in [7, 11) is 0. The summed E-state index contributed by atoms with van der Waals surface area (Å²) in [5.74, 6) is -1.59. The number of anilines is 1. The van der Waals surface area contributed by atoms with Crippen LogP contribution in [0.5, 0.6) is 0 Å². The molecule has 1 aromatic heterocycles. The highest BCUT2D eigenvalue weighted by Gasteiger charge is 2.15. The molecule has 94 valence electrons. The van der Waals surface area contributed by atoms with Crippen LogP contribution in [-0.4, -0.2) is 35.2 Å². The van der Waals surface area contributed by atoms with E-state index in [1.165, 1.54) is 24.7 Å². The van der Waals surface area contributed by atoms with Gasteiger partial charge in [-0.2, -0.15) is 0 Å². The van der Waals surface area contributed by atoms with E-state index in [0.29, 0.717) is 13.2 Å². The van der Waals surface area contributed by atoms with Crippen LogP contribution in [0.3, 0.4) is 0 Å². The molecule has 1 aromatic rings. The van der Waals surface area contributed by atoms with Crippen molar-refractivity contribution in [2.45, 2.75) is 0 Å². The van der Waals surface area contributed by atoms with Crippen LogP contribution in [0.4, 0.5) is 5.69 Å². The molecule has 0 bridgehead atoms. The molecule has 0 atom stereocenters. The van der Waals surface area contributed by atoms with Gasteiger partial charge in [-0.05, 0) is 6.07 Å². The van der Waals surface area contributed by atoms with Crippen LogP contribution in [0.15, 0.2) is 30.5 Å². The fourth-order valence-corrected chi connectivity index (χ4v) is 1.31. The van der Waals surface area contributed by atoms with Crippen molar-refractivity contribution in [2.75, 3.05) is 18.5 Å². The second-order valence-corrected chi connectivity index (χ2v) is 3.42. The number of pyridine rings is 1. The number of rotatable bonds is 3. The molecule has 2 N–H and O–H groups in total. The Morgan fingerprint density at radius 1 is 1.33 bits per heavy atom. The summed E-state index contributed by atoms with van der Waals surface area (Å²) in [4.78, 5) is 26.1. The molecule has 7 nitrogen and oxygen atoms in total. The normalized spacial score (nSPS) is 13.9. The van der Waals surface area contributed by atoms with Crippen LogP contribution < -0.4 is 5.32 Å². The van der Waals surface area contributed by atoms with E-state index < -0.39 is 11.9 Å². The summed E-state index contributed by atoms with van der Waals surface area (Å²) in [5.41, 5.74) is 0.262. The quantitative estimate of drug-likeness (QED) is 0.815. The largest absolute Gasteiger partial charge is 0.494 e. The van der Waals surface area contributed by atoms with E-state index in [9.17, 15) is 9.59 Å². The fraction of sp³-hybridized carbons (Fsp3) is 0.182. The van der Waals surface area contributed by atoms with Crippen LogP contribution in [-0.2, 0) is 14.3 Å². The highest BCUT2D eigenvalue weighted by atomic mass is 16.6. The molecule has 0 spiro atoms. The summed E-state index contributed by atoms with van der Waals surface area (Å²) in [6.45, 7) is 0.694. The first-order valence-electron chi connectivity index (χ1n) is 5.11. The number of hydrogen-bond donors (Lipinski definition) is 2. The topological polar surface area (TPSA) is 97.8 Å². The summed E-state index contributed by atoms with van der Waals surface area (Å²) >= 11 is 0. The predicted molar refractivity (Wildman–Crippen MR) is 59.8 cm³/mol. The Morgan fingerprint density at radius 3 is 2.83 bits per heavy atom. The Bertz CT molecular complexity index is 512. The van der Waals surface area contributed by atoms with Gasteiger partial charge in [0.15, 0.2) is 0 Å². The third-order valence-electron chi connectivity index (χ3n) is 2.12. The van der Waals surface area contributed by atoms with E-state index in [-0.39, 0.29) is 17.0 Å². The van der Waals surface area contributed by atoms with E-state index in [4.69, 9.17) is 14.6 Å². The fourth-order valence-electron chi connectivity index (χ4n) is 1.31. The molecule has 18 heavy (non-hydrogen) atoms. The molecule has 1 amide bonds. The van der Waals surface area contributed by atoms with Crippen LogP contribution in [0.25, 0.3) is 0 Å². The third kappa shape index (κ3) is 2.76. The molecule has 0 aliphatic carbocycles. The zero-order valence-electron chi connectivity index (χ0n) is 9.25. The lowest BCUT2D eigenvalue weighted by Crippen LogP contribution is -2.21. The van der Waals surface area contributed by atoms with Crippen molar-refractivity contribution >= 4 is 17.6 Å². The van der Waals surface area contributed by atoms with Crippen molar-refractivity contribution in [2.24, 2.45) is 0 Å². The number of nitrogens with one attached hydrogen (secondary N) is 1. The molecule has 1 aliphatic rings. The molecule has 0 fully saturated rings. The number of aromatic carboxylic acids is 1. The van der Waals surface area contributed by atoms with Gasteiger partial charge in [-0.3, -0.25) is 9.78 Å². The Hall–Kier alpha value is -2.57. The Balaban J connectivity index is 2.09. The zero-order chi connectivity index (χ0) is 13.0. The highest BCUT2D eigenvalue weighted by Crippen LogP contribution is 2.12. The number of amides is 1. The van der Waals surface area contributed by atoms with Crippen molar-refractivity contribution < 1.29 is 24.2 Å². The van der Waals surface area contributed by atoms with Gasteiger partial charge in [0.1, 0.15) is 19.5 Å². The molecule has 0 saturated carbocycles. The molecule has 0 saturated heterocycles. The predicted octanol–water partition coefficient (Wildman–Crippen LogP) is 0.607. The van der Waals surface area contributed by atoms with Crippen molar-refractivity contribution in [1.82, 2.24) is 4.98 Å². The Labute approximate surface area is 102 Å². The van der Waals surface area contributed by atoms with E-state index in [1.807, 2.05) is 0 Å². The van der Waals surface area contributed by atoms with Crippen molar-refractivity contribution in [3.05, 3.63) is 36.0 Å². The first kappa shape index (κ1) is 11.9. The maximum Gasteiger partial charge on any atom is 0.337 e. The smallest absolute Gasteiger partial charge is 0.337 e. The molecule has 1 aliphatic heterocycles. The zero-order valence-corrected chi connectivity index (χ0v) is 9.25. The molecule has 7 heteroatoms. The number of carboxylic acid groups (broad SMARTS) is 1. The van der Waals surface area contributed by atoms with Crippen molar-refractivity contribution in [3.8, 4) is 0 Å². The van der Waals surface area contributed by atoms with Gasteiger partial charge < -0.3 is 19.9 Å². The number of carboxylic acids is 1. The number of nitrogens with zero attached hydrogens (tertiary/aromatic N) is 1. The minimum Gasteiger partial charge on any atom is -0.494 e. The molecule has 2 rings (SSSR count). The maximum absolute atomic E-state index is 11.7. The summed E-state index contributed by atoms with van der Waals surface area (Å²) < 4.78 is 10.0. The van der Waals surface area contributed by atoms with Crippen LogP contribution in [0.2, 0.25) is 0 Å². The number of carbonyl (C=O) groups is 2. The lowest BCUT2D eigenvalue weighted by molar-refractivity contribution is -0.117. The van der Waals surface area contributed by atoms with E-state index in [2.05, 4.69) is 10.3 Å². The van der Waals surface area contributed by atoms with Crippen LogP contribution >= 0.6 is 0 Å². The van der Waals surface area contributed by atoms with Crippen LogP contribution in [0, 0.1) is 0 Å². The first-order chi connectivity index (χ1) is 8.66. The SMILES string of the molecule is O=C(Nc1cncc(C(=O)O)c1)C1=COCCO1. The standard InChI is InChI=1S/C11H10N2O5/c14-10(9-6-17-1-2-18-9)13-8-3-7(11(15)16)4-12-5-8/h3-6H,1-2H2,(H,13,14)(H,15,16). The second-order valence-electron chi connectivity index (χ2n) is 3.42. The molecular formula is C11H10N2O5. The molecule has 0 aromatic carbocycles. The number of hydrogen-bond acceptors (Lipinski definition) is 5. The van der Waals surface area contributed by atoms with Gasteiger partial charge in [-0.15, -0.1) is 0 Å². The maximum atomic E-state index is 11.7. The van der Waals surface area contributed by atoms with E-state index in [1.54, 1.807) is 0 Å². The number of aromatic nitrogens is 1. The van der Waals surface area contributed by atoms with Crippen molar-refractivity contribution in [3.63, 3.8) is 0 Å². The molecule has 0 radical (unpaired) electrons. The van der Waals surface area contributed by atoms with Gasteiger partial charge in [0, 0.05) is 6.20 Å². The van der Waals surface area contributed by atoms with Crippen LogP contribution in [0.1, 0.15) is 10.4 Å². The van der Waals surface area contributed by atoms with Crippen molar-refractivity contribution in [1.29, 1.82) is 0 Å². The molecular weight excluding hydrogens is 240 g/mol. The summed E-state index contributed by atoms with van der Waals surface area (Å²) in [6, 6.07) is 1.30. The minimum absolute atomic E-state index is 0.0115. The molecule has 0 unspecified atom stereocenters. The Kier molecular flexibility index (Phi) is 3.42. The number of ether oxygens (including phenoxy) is 2. The third-order valence-corrected chi connectivity index (χ3v) is 2.12. The lowest BCUT2D eigenvalue weighted by atomic mass is 10.2. The number of carbonyl (C=O) groups excluding carboxylic acids is 1. The lowest BCUT2D eigenvalue weighted by Gasteiger charge is -2.14. The average Bonchev–Trinajstić information content (AvgIpc) is 2.40. The van der Waals surface area contributed by atoms with Gasteiger partial charge >= 0.3 is 5.97 Å². The summed E-state index contributed by atoms with van der Waals surface area (Å²) in [5, 5.41) is 11.3. The van der Waals surface area contributed by atoms with E-state index >= 15 is 0 Å². The van der Waals surface area contributed by atoms with Gasteiger partial charge in [-0.1, -0.05) is 0 Å².